The van der Waals surface area contributed by atoms with Gasteiger partial charge in [0.2, 0.25) is 0 Å². The van der Waals surface area contributed by atoms with E-state index in [4.69, 9.17) is 4.74 Å². The molecule has 3 heterocycles. The van der Waals surface area contributed by atoms with E-state index in [-0.39, 0.29) is 17.3 Å². The first kappa shape index (κ1) is 16.9. The van der Waals surface area contributed by atoms with Crippen LogP contribution in [0, 0.1) is 0 Å². The number of piperidine rings is 2. The van der Waals surface area contributed by atoms with Crippen molar-refractivity contribution in [1.29, 1.82) is 0 Å². The number of benzene rings is 1. The maximum Gasteiger partial charge on any atom is 0.256 e. The van der Waals surface area contributed by atoms with E-state index >= 15 is 0 Å². The third-order valence-corrected chi connectivity index (χ3v) is 7.23. The van der Waals surface area contributed by atoms with Crippen molar-refractivity contribution in [1.82, 2.24) is 4.90 Å². The number of amidine groups is 1. The van der Waals surface area contributed by atoms with Gasteiger partial charge in [-0.2, -0.15) is 0 Å². The van der Waals surface area contributed by atoms with E-state index in [0.29, 0.717) is 12.6 Å². The normalized spacial score (nSPS) is 31.2. The van der Waals surface area contributed by atoms with Crippen molar-refractivity contribution in [3.8, 4) is 5.75 Å². The molecule has 1 aliphatic carbocycles. The first-order valence-corrected chi connectivity index (χ1v) is 10.9. The van der Waals surface area contributed by atoms with Crippen LogP contribution in [0.4, 0.5) is 0 Å². The van der Waals surface area contributed by atoms with Crippen molar-refractivity contribution in [3.63, 3.8) is 0 Å². The van der Waals surface area contributed by atoms with Gasteiger partial charge in [0.15, 0.2) is 0 Å². The quantitative estimate of drug-likeness (QED) is 0.826. The largest absolute Gasteiger partial charge is 0.491 e. The molecule has 1 aromatic carbocycles. The fourth-order valence-electron chi connectivity index (χ4n) is 4.48. The Bertz CT molecular complexity index is 777. The van der Waals surface area contributed by atoms with E-state index in [2.05, 4.69) is 35.3 Å². The van der Waals surface area contributed by atoms with Gasteiger partial charge in [0.25, 0.3) is 10.0 Å². The fraction of sp³-hybridized carbons (Fsp3) is 0.632. The van der Waals surface area contributed by atoms with Gasteiger partial charge >= 0.3 is 0 Å². The van der Waals surface area contributed by atoms with Gasteiger partial charge in [-0.05, 0) is 56.7 Å². The van der Waals surface area contributed by atoms with Crippen LogP contribution in [0.15, 0.2) is 28.7 Å². The van der Waals surface area contributed by atoms with Gasteiger partial charge in [0.1, 0.15) is 11.6 Å². The molecule has 136 valence electrons. The summed E-state index contributed by atoms with van der Waals surface area (Å²) >= 11 is 0. The number of sulfonamides is 1. The number of fused-ring (bicyclic) bond motifs is 2. The maximum atomic E-state index is 12.1. The maximum absolute atomic E-state index is 12.1. The van der Waals surface area contributed by atoms with Gasteiger partial charge in [0.05, 0.1) is 17.3 Å². The Morgan fingerprint density at radius 2 is 1.96 bits per heavy atom. The van der Waals surface area contributed by atoms with Crippen LogP contribution in [-0.4, -0.2) is 43.6 Å². The highest BCUT2D eigenvalue weighted by Gasteiger charge is 2.52. The molecule has 2 saturated heterocycles. The summed E-state index contributed by atoms with van der Waals surface area (Å²) in [5, 5.41) is 0. The standard InChI is InChI=1S/C19H26N2O3S/c1-3-14(2)24-17-6-4-15(5-7-17)19-10-8-16(9-11-19)21-12-13-25(22,23)20-18(19)21/h4-7,14,16H,3,8-13H2,1-2H3. The lowest BCUT2D eigenvalue weighted by atomic mass is 9.63. The van der Waals surface area contributed by atoms with Gasteiger partial charge in [-0.1, -0.05) is 19.1 Å². The summed E-state index contributed by atoms with van der Waals surface area (Å²) < 4.78 is 34.4. The van der Waals surface area contributed by atoms with E-state index in [0.717, 1.165) is 43.7 Å². The fourth-order valence-corrected chi connectivity index (χ4v) is 5.55. The minimum absolute atomic E-state index is 0.144. The molecule has 5 rings (SSSR count). The number of ether oxygens (including phenoxy) is 1. The number of nitrogens with zero attached hydrogens (tertiary/aromatic N) is 2. The number of hydrogen-bond donors (Lipinski definition) is 0. The zero-order valence-electron chi connectivity index (χ0n) is 14.9. The third kappa shape index (κ3) is 2.84. The predicted molar refractivity (Wildman–Crippen MR) is 98.7 cm³/mol. The average Bonchev–Trinajstić information content (AvgIpc) is 2.62. The molecular weight excluding hydrogens is 336 g/mol. The zero-order valence-corrected chi connectivity index (χ0v) is 15.8. The second kappa shape index (κ2) is 6.01. The van der Waals surface area contributed by atoms with Gasteiger partial charge in [-0.3, -0.25) is 0 Å². The summed E-state index contributed by atoms with van der Waals surface area (Å²) in [5.41, 5.74) is 0.917. The van der Waals surface area contributed by atoms with Crippen LogP contribution in [0.1, 0.15) is 51.5 Å². The predicted octanol–water partition coefficient (Wildman–Crippen LogP) is 3.10. The zero-order chi connectivity index (χ0) is 17.7. The highest BCUT2D eigenvalue weighted by atomic mass is 32.2. The molecule has 1 atom stereocenters. The summed E-state index contributed by atoms with van der Waals surface area (Å²) in [4.78, 5) is 2.26. The molecule has 0 spiro atoms. The van der Waals surface area contributed by atoms with Gasteiger partial charge in [-0.25, -0.2) is 8.42 Å². The second-order valence-electron chi connectivity index (χ2n) is 7.57. The monoisotopic (exact) mass is 362 g/mol. The Labute approximate surface area is 150 Å². The topological polar surface area (TPSA) is 59.0 Å². The molecule has 0 amide bonds. The Kier molecular flexibility index (Phi) is 4.06. The number of rotatable bonds is 4. The van der Waals surface area contributed by atoms with E-state index in [1.54, 1.807) is 0 Å². The molecule has 4 aliphatic rings. The van der Waals surface area contributed by atoms with Crippen molar-refractivity contribution in [2.24, 2.45) is 4.40 Å². The third-order valence-electron chi connectivity index (χ3n) is 6.08. The van der Waals surface area contributed by atoms with E-state index in [9.17, 15) is 8.42 Å². The van der Waals surface area contributed by atoms with E-state index in [1.165, 1.54) is 5.56 Å². The lowest BCUT2D eigenvalue weighted by Gasteiger charge is -2.55. The number of hydrogen-bond acceptors (Lipinski definition) is 4. The smallest absolute Gasteiger partial charge is 0.256 e. The van der Waals surface area contributed by atoms with Crippen LogP contribution in [0.5, 0.6) is 5.75 Å². The molecule has 0 radical (unpaired) electrons. The van der Waals surface area contributed by atoms with Crippen LogP contribution in [0.3, 0.4) is 0 Å². The minimum Gasteiger partial charge on any atom is -0.491 e. The highest BCUT2D eigenvalue weighted by molar-refractivity contribution is 7.90. The van der Waals surface area contributed by atoms with Crippen LogP contribution in [0.25, 0.3) is 0 Å². The minimum atomic E-state index is -3.33. The van der Waals surface area contributed by atoms with Crippen LogP contribution >= 0.6 is 0 Å². The molecule has 1 unspecified atom stereocenters. The average molecular weight is 362 g/mol. The molecular formula is C19H26N2O3S. The molecule has 0 aromatic heterocycles. The Morgan fingerprint density at radius 1 is 1.28 bits per heavy atom. The van der Waals surface area contributed by atoms with Crippen molar-refractivity contribution in [2.45, 2.75) is 63.5 Å². The first-order chi connectivity index (χ1) is 11.9. The molecule has 1 aromatic rings. The summed E-state index contributed by atoms with van der Waals surface area (Å²) in [5.74, 6) is 1.80. The molecule has 3 aliphatic heterocycles. The van der Waals surface area contributed by atoms with Crippen LogP contribution in [0.2, 0.25) is 0 Å². The van der Waals surface area contributed by atoms with Crippen molar-refractivity contribution in [3.05, 3.63) is 29.8 Å². The van der Waals surface area contributed by atoms with Gasteiger partial charge in [0, 0.05) is 12.6 Å². The summed E-state index contributed by atoms with van der Waals surface area (Å²) in [7, 11) is -3.33. The summed E-state index contributed by atoms with van der Waals surface area (Å²) in [6.45, 7) is 4.76. The van der Waals surface area contributed by atoms with Crippen molar-refractivity contribution in [2.75, 3.05) is 12.3 Å². The van der Waals surface area contributed by atoms with Crippen LogP contribution < -0.4 is 4.74 Å². The second-order valence-corrected chi connectivity index (χ2v) is 9.32. The summed E-state index contributed by atoms with van der Waals surface area (Å²) in [6, 6.07) is 8.69. The summed E-state index contributed by atoms with van der Waals surface area (Å²) in [6.07, 6.45) is 5.35. The molecule has 25 heavy (non-hydrogen) atoms. The Morgan fingerprint density at radius 3 is 2.60 bits per heavy atom. The molecule has 5 nitrogen and oxygen atoms in total. The molecule has 1 saturated carbocycles. The van der Waals surface area contributed by atoms with Crippen molar-refractivity contribution >= 4 is 15.9 Å². The molecule has 2 bridgehead atoms. The van der Waals surface area contributed by atoms with Crippen molar-refractivity contribution < 1.29 is 13.2 Å². The van der Waals surface area contributed by atoms with Crippen LogP contribution in [-0.2, 0) is 15.4 Å². The lowest BCUT2D eigenvalue weighted by Crippen LogP contribution is -2.62. The van der Waals surface area contributed by atoms with E-state index in [1.807, 2.05) is 12.1 Å². The highest BCUT2D eigenvalue weighted by Crippen LogP contribution is 2.49. The first-order valence-electron chi connectivity index (χ1n) is 9.30. The van der Waals surface area contributed by atoms with Gasteiger partial charge < -0.3 is 9.64 Å². The molecule has 0 N–H and O–H groups in total. The van der Waals surface area contributed by atoms with E-state index < -0.39 is 10.0 Å². The SMILES string of the molecule is CCC(C)Oc1ccc(C23CCC(CC2)N2CCS(=O)(=O)N=C23)cc1. The Balaban J connectivity index is 1.71. The van der Waals surface area contributed by atoms with Gasteiger partial charge in [-0.15, -0.1) is 4.40 Å². The molecule has 3 fully saturated rings. The Hall–Kier alpha value is -1.56. The lowest BCUT2D eigenvalue weighted by molar-refractivity contribution is 0.151. The molecule has 6 heteroatoms.